The molecule has 0 bridgehead atoms. The Balaban J connectivity index is 2.16. The van der Waals surface area contributed by atoms with E-state index in [4.69, 9.17) is 0 Å². The van der Waals surface area contributed by atoms with Crippen LogP contribution in [0.15, 0.2) is 18.2 Å². The summed E-state index contributed by atoms with van der Waals surface area (Å²) in [6.07, 6.45) is 2.18. The maximum absolute atomic E-state index is 12.1. The van der Waals surface area contributed by atoms with E-state index in [0.29, 0.717) is 11.8 Å². The topological polar surface area (TPSA) is 98.5 Å². The fourth-order valence-electron chi connectivity index (χ4n) is 2.20. The van der Waals surface area contributed by atoms with E-state index in [2.05, 4.69) is 10.1 Å². The summed E-state index contributed by atoms with van der Waals surface area (Å²) < 4.78 is 4.55. The SMILES string of the molecule is COC(=O)c1cc(C(=O)NCC2CCCS2)cc([N+](=O)[O-])c1. The molecule has 1 aliphatic rings. The van der Waals surface area contributed by atoms with Crippen LogP contribution >= 0.6 is 11.8 Å². The monoisotopic (exact) mass is 324 g/mol. The molecular weight excluding hydrogens is 308 g/mol. The van der Waals surface area contributed by atoms with Gasteiger partial charge in [0, 0.05) is 29.5 Å². The van der Waals surface area contributed by atoms with Crippen LogP contribution in [-0.4, -0.2) is 41.5 Å². The number of ether oxygens (including phenoxy) is 1. The van der Waals surface area contributed by atoms with E-state index in [0.717, 1.165) is 30.7 Å². The lowest BCUT2D eigenvalue weighted by Gasteiger charge is -2.10. The van der Waals surface area contributed by atoms with E-state index < -0.39 is 16.8 Å². The number of nitrogens with one attached hydrogen (secondary N) is 1. The number of nitro groups is 1. The van der Waals surface area contributed by atoms with Crippen molar-refractivity contribution < 1.29 is 19.2 Å². The van der Waals surface area contributed by atoms with Gasteiger partial charge in [-0.15, -0.1) is 0 Å². The third-order valence-electron chi connectivity index (χ3n) is 3.33. The van der Waals surface area contributed by atoms with Gasteiger partial charge < -0.3 is 10.1 Å². The number of nitro benzene ring substituents is 1. The first-order chi connectivity index (χ1) is 10.5. The molecule has 22 heavy (non-hydrogen) atoms. The maximum Gasteiger partial charge on any atom is 0.338 e. The molecule has 0 radical (unpaired) electrons. The maximum atomic E-state index is 12.1. The number of amides is 1. The highest BCUT2D eigenvalue weighted by molar-refractivity contribution is 8.00. The first-order valence-electron chi connectivity index (χ1n) is 6.79. The second-order valence-electron chi connectivity index (χ2n) is 4.86. The van der Waals surface area contributed by atoms with Crippen LogP contribution in [0.4, 0.5) is 5.69 Å². The number of non-ortho nitro benzene ring substituents is 1. The van der Waals surface area contributed by atoms with Gasteiger partial charge in [0.05, 0.1) is 17.6 Å². The normalized spacial score (nSPS) is 17.0. The Hall–Kier alpha value is -2.09. The average molecular weight is 324 g/mol. The van der Waals surface area contributed by atoms with Crippen molar-refractivity contribution in [2.45, 2.75) is 18.1 Å². The Morgan fingerprint density at radius 2 is 2.14 bits per heavy atom. The van der Waals surface area contributed by atoms with E-state index >= 15 is 0 Å². The number of thioether (sulfide) groups is 1. The molecule has 0 aromatic heterocycles. The molecule has 1 unspecified atom stereocenters. The third kappa shape index (κ3) is 3.97. The lowest BCUT2D eigenvalue weighted by molar-refractivity contribution is -0.384. The van der Waals surface area contributed by atoms with Crippen LogP contribution < -0.4 is 5.32 Å². The molecule has 1 fully saturated rings. The van der Waals surface area contributed by atoms with E-state index in [1.807, 2.05) is 0 Å². The predicted octanol–water partition coefficient (Wildman–Crippen LogP) is 2.01. The molecule has 8 heteroatoms. The summed E-state index contributed by atoms with van der Waals surface area (Å²) in [5, 5.41) is 14.1. The van der Waals surface area contributed by atoms with Crippen LogP contribution in [0, 0.1) is 10.1 Å². The largest absolute Gasteiger partial charge is 0.465 e. The summed E-state index contributed by atoms with van der Waals surface area (Å²) in [6.45, 7) is 0.514. The third-order valence-corrected chi connectivity index (χ3v) is 4.72. The van der Waals surface area contributed by atoms with E-state index in [1.54, 1.807) is 11.8 Å². The van der Waals surface area contributed by atoms with E-state index in [9.17, 15) is 19.7 Å². The lowest BCUT2D eigenvalue weighted by Crippen LogP contribution is -2.29. The van der Waals surface area contributed by atoms with Gasteiger partial charge in [0.2, 0.25) is 0 Å². The summed E-state index contributed by atoms with van der Waals surface area (Å²) in [5.74, 6) is -0.0606. The van der Waals surface area contributed by atoms with Crippen LogP contribution in [0.1, 0.15) is 33.6 Å². The van der Waals surface area contributed by atoms with Gasteiger partial charge in [0.25, 0.3) is 11.6 Å². The van der Waals surface area contributed by atoms with Gasteiger partial charge in [-0.1, -0.05) is 0 Å². The van der Waals surface area contributed by atoms with Crippen molar-refractivity contribution in [3.63, 3.8) is 0 Å². The number of methoxy groups -OCH3 is 1. The molecule has 1 aromatic carbocycles. The zero-order valence-electron chi connectivity index (χ0n) is 12.0. The highest BCUT2D eigenvalue weighted by Crippen LogP contribution is 2.25. The summed E-state index contributed by atoms with van der Waals surface area (Å²) in [4.78, 5) is 34.0. The van der Waals surface area contributed by atoms with Crippen molar-refractivity contribution in [2.75, 3.05) is 19.4 Å². The molecule has 1 aromatic rings. The quantitative estimate of drug-likeness (QED) is 0.505. The fraction of sp³-hybridized carbons (Fsp3) is 0.429. The van der Waals surface area contributed by atoms with Crippen molar-refractivity contribution in [1.29, 1.82) is 0 Å². The van der Waals surface area contributed by atoms with Crippen molar-refractivity contribution in [1.82, 2.24) is 5.32 Å². The fourth-order valence-corrected chi connectivity index (χ4v) is 3.40. The number of rotatable bonds is 5. The number of benzene rings is 1. The van der Waals surface area contributed by atoms with Crippen molar-refractivity contribution in [3.05, 3.63) is 39.4 Å². The molecule has 0 spiro atoms. The van der Waals surface area contributed by atoms with Gasteiger partial charge >= 0.3 is 5.97 Å². The van der Waals surface area contributed by atoms with Gasteiger partial charge in [0.1, 0.15) is 0 Å². The summed E-state index contributed by atoms with van der Waals surface area (Å²) in [5.41, 5.74) is -0.252. The molecule has 1 N–H and O–H groups in total. The van der Waals surface area contributed by atoms with Crippen molar-refractivity contribution >= 4 is 29.3 Å². The Morgan fingerprint density at radius 1 is 1.41 bits per heavy atom. The minimum atomic E-state index is -0.718. The highest BCUT2D eigenvalue weighted by Gasteiger charge is 2.20. The second-order valence-corrected chi connectivity index (χ2v) is 6.27. The molecule has 0 saturated carbocycles. The zero-order valence-corrected chi connectivity index (χ0v) is 12.9. The molecule has 1 atom stereocenters. The van der Waals surface area contributed by atoms with Crippen LogP contribution in [0.3, 0.4) is 0 Å². The van der Waals surface area contributed by atoms with Crippen LogP contribution in [0.5, 0.6) is 0 Å². The summed E-state index contributed by atoms with van der Waals surface area (Å²) >= 11 is 1.80. The summed E-state index contributed by atoms with van der Waals surface area (Å²) in [7, 11) is 1.18. The minimum absolute atomic E-state index is 0.0166. The average Bonchev–Trinajstić information content (AvgIpc) is 3.04. The number of hydrogen-bond acceptors (Lipinski definition) is 6. The molecule has 1 amide bonds. The number of hydrogen-bond donors (Lipinski definition) is 1. The zero-order chi connectivity index (χ0) is 16.1. The van der Waals surface area contributed by atoms with Crippen LogP contribution in [0.25, 0.3) is 0 Å². The number of carbonyl (C=O) groups is 2. The molecule has 1 saturated heterocycles. The number of nitrogens with zero attached hydrogens (tertiary/aromatic N) is 1. The summed E-state index contributed by atoms with van der Waals surface area (Å²) in [6, 6.07) is 3.55. The molecule has 7 nitrogen and oxygen atoms in total. The predicted molar refractivity (Wildman–Crippen MR) is 82.2 cm³/mol. The van der Waals surface area contributed by atoms with Crippen LogP contribution in [0.2, 0.25) is 0 Å². The Labute approximate surface area is 131 Å². The molecule has 118 valence electrons. The Kier molecular flexibility index (Phi) is 5.37. The second kappa shape index (κ2) is 7.26. The highest BCUT2D eigenvalue weighted by atomic mass is 32.2. The van der Waals surface area contributed by atoms with Crippen molar-refractivity contribution in [2.24, 2.45) is 0 Å². The first kappa shape index (κ1) is 16.3. The minimum Gasteiger partial charge on any atom is -0.465 e. The van der Waals surface area contributed by atoms with Gasteiger partial charge in [-0.2, -0.15) is 11.8 Å². The smallest absolute Gasteiger partial charge is 0.338 e. The van der Waals surface area contributed by atoms with Gasteiger partial charge in [0.15, 0.2) is 0 Å². The molecule has 0 aliphatic carbocycles. The molecule has 1 heterocycles. The van der Waals surface area contributed by atoms with Gasteiger partial charge in [-0.05, 0) is 24.7 Å². The molecule has 1 aliphatic heterocycles. The number of carbonyl (C=O) groups excluding carboxylic acids is 2. The van der Waals surface area contributed by atoms with Crippen LogP contribution in [-0.2, 0) is 4.74 Å². The van der Waals surface area contributed by atoms with E-state index in [1.165, 1.54) is 13.2 Å². The Morgan fingerprint density at radius 3 is 2.73 bits per heavy atom. The van der Waals surface area contributed by atoms with E-state index in [-0.39, 0.29) is 16.8 Å². The van der Waals surface area contributed by atoms with Crippen molar-refractivity contribution in [3.8, 4) is 0 Å². The standard InChI is InChI=1S/C14H16N2O5S/c1-21-14(18)10-5-9(6-11(7-10)16(19)20)13(17)15-8-12-3-2-4-22-12/h5-7,12H,2-4,8H2,1H3,(H,15,17). The lowest BCUT2D eigenvalue weighted by atomic mass is 10.1. The molecule has 2 rings (SSSR count). The first-order valence-corrected chi connectivity index (χ1v) is 7.83. The number of esters is 1. The van der Waals surface area contributed by atoms with Gasteiger partial charge in [-0.3, -0.25) is 14.9 Å². The Bertz CT molecular complexity index is 599. The van der Waals surface area contributed by atoms with Gasteiger partial charge in [-0.25, -0.2) is 4.79 Å². The molecular formula is C14H16N2O5S.